The summed E-state index contributed by atoms with van der Waals surface area (Å²) in [5.41, 5.74) is 3.28. The van der Waals surface area contributed by atoms with E-state index in [2.05, 4.69) is 20.3 Å². The molecule has 0 amide bonds. The zero-order valence-electron chi connectivity index (χ0n) is 13.5. The topological polar surface area (TPSA) is 131 Å². The predicted octanol–water partition coefficient (Wildman–Crippen LogP) is 1.58. The highest BCUT2D eigenvalue weighted by molar-refractivity contribution is 7.89. The maximum Gasteiger partial charge on any atom is 0.238 e. The number of thiazole rings is 1. The van der Waals surface area contributed by atoms with Gasteiger partial charge in [0.1, 0.15) is 5.01 Å². The molecule has 4 N–H and O–H groups in total. The predicted molar refractivity (Wildman–Crippen MR) is 97.6 cm³/mol. The third kappa shape index (κ3) is 3.19. The standard InChI is InChI=1S/C16H15N5O3S2/c17-26(23,24)11-3-1-2-10(6-11)19-16-18-7-9-4-5-12-15(14(9)21-16)25-13(8-22)20-12/h1-3,6-7,22H,4-5,8H2,(H2,17,23,24)(H,18,19,21). The van der Waals surface area contributed by atoms with E-state index in [9.17, 15) is 13.5 Å². The summed E-state index contributed by atoms with van der Waals surface area (Å²) in [7, 11) is -3.78. The average molecular weight is 389 g/mol. The first-order chi connectivity index (χ1) is 12.4. The van der Waals surface area contributed by atoms with Crippen molar-refractivity contribution in [3.05, 3.63) is 46.7 Å². The molecular weight excluding hydrogens is 374 g/mol. The van der Waals surface area contributed by atoms with Crippen LogP contribution in [0.4, 0.5) is 11.6 Å². The third-order valence-electron chi connectivity index (χ3n) is 4.01. The molecule has 1 aliphatic rings. The number of rotatable bonds is 4. The van der Waals surface area contributed by atoms with E-state index >= 15 is 0 Å². The molecule has 1 aliphatic carbocycles. The first kappa shape index (κ1) is 17.0. The van der Waals surface area contributed by atoms with Crippen molar-refractivity contribution < 1.29 is 13.5 Å². The maximum absolute atomic E-state index is 11.5. The van der Waals surface area contributed by atoms with Crippen LogP contribution in [0.15, 0.2) is 35.4 Å². The zero-order chi connectivity index (χ0) is 18.3. The van der Waals surface area contributed by atoms with Gasteiger partial charge in [0.15, 0.2) is 0 Å². The van der Waals surface area contributed by atoms with Crippen molar-refractivity contribution in [1.82, 2.24) is 15.0 Å². The minimum absolute atomic E-state index is 0.0118. The lowest BCUT2D eigenvalue weighted by Gasteiger charge is -2.15. The lowest BCUT2D eigenvalue weighted by atomic mass is 10.00. The Labute approximate surface area is 153 Å². The number of hydrogen-bond donors (Lipinski definition) is 3. The fourth-order valence-electron chi connectivity index (χ4n) is 2.80. The summed E-state index contributed by atoms with van der Waals surface area (Å²) in [4.78, 5) is 14.3. The molecule has 4 rings (SSSR count). The quantitative estimate of drug-likeness (QED) is 0.617. The van der Waals surface area contributed by atoms with E-state index in [0.29, 0.717) is 16.6 Å². The highest BCUT2D eigenvalue weighted by Gasteiger charge is 2.23. The lowest BCUT2D eigenvalue weighted by Crippen LogP contribution is -2.12. The number of aliphatic hydroxyl groups is 1. The second-order valence-electron chi connectivity index (χ2n) is 5.81. The van der Waals surface area contributed by atoms with Crippen molar-refractivity contribution in [2.24, 2.45) is 5.14 Å². The van der Waals surface area contributed by atoms with E-state index in [1.807, 2.05) is 0 Å². The minimum Gasteiger partial charge on any atom is -0.389 e. The normalized spacial score (nSPS) is 13.2. The Morgan fingerprint density at radius 2 is 2.12 bits per heavy atom. The molecule has 1 aromatic carbocycles. The fourth-order valence-corrected chi connectivity index (χ4v) is 4.36. The Kier molecular flexibility index (Phi) is 4.19. The lowest BCUT2D eigenvalue weighted by molar-refractivity contribution is 0.281. The average Bonchev–Trinajstić information content (AvgIpc) is 3.05. The van der Waals surface area contributed by atoms with E-state index in [1.165, 1.54) is 23.5 Å². The van der Waals surface area contributed by atoms with E-state index in [1.54, 1.807) is 18.3 Å². The molecule has 2 aromatic heterocycles. The number of benzene rings is 1. The summed E-state index contributed by atoms with van der Waals surface area (Å²) in [5.74, 6) is 0.349. The van der Waals surface area contributed by atoms with Crippen LogP contribution >= 0.6 is 11.3 Å². The van der Waals surface area contributed by atoms with Gasteiger partial charge in [-0.2, -0.15) is 0 Å². The van der Waals surface area contributed by atoms with E-state index < -0.39 is 10.0 Å². The number of aliphatic hydroxyl groups excluding tert-OH is 1. The Balaban J connectivity index is 1.69. The molecule has 26 heavy (non-hydrogen) atoms. The van der Waals surface area contributed by atoms with Gasteiger partial charge in [0, 0.05) is 11.9 Å². The molecule has 8 nitrogen and oxygen atoms in total. The molecule has 0 radical (unpaired) electrons. The molecule has 0 saturated heterocycles. The number of sulfonamides is 1. The van der Waals surface area contributed by atoms with Gasteiger partial charge in [0.2, 0.25) is 16.0 Å². The number of fused-ring (bicyclic) bond motifs is 3. The van der Waals surface area contributed by atoms with Gasteiger partial charge in [-0.25, -0.2) is 28.5 Å². The van der Waals surface area contributed by atoms with Gasteiger partial charge < -0.3 is 10.4 Å². The van der Waals surface area contributed by atoms with E-state index in [-0.39, 0.29) is 11.5 Å². The van der Waals surface area contributed by atoms with Gasteiger partial charge in [0.25, 0.3) is 0 Å². The van der Waals surface area contributed by atoms with Crippen LogP contribution in [0.2, 0.25) is 0 Å². The van der Waals surface area contributed by atoms with Crippen LogP contribution in [-0.4, -0.2) is 28.5 Å². The molecule has 0 unspecified atom stereocenters. The zero-order valence-corrected chi connectivity index (χ0v) is 15.1. The van der Waals surface area contributed by atoms with Crippen molar-refractivity contribution >= 4 is 33.0 Å². The highest BCUT2D eigenvalue weighted by atomic mass is 32.2. The molecule has 3 aromatic rings. The molecule has 10 heteroatoms. The maximum atomic E-state index is 11.5. The molecule has 0 aliphatic heterocycles. The monoisotopic (exact) mass is 389 g/mol. The van der Waals surface area contributed by atoms with Crippen LogP contribution in [0.1, 0.15) is 16.3 Å². The molecule has 0 bridgehead atoms. The van der Waals surface area contributed by atoms with Crippen LogP contribution in [0.3, 0.4) is 0 Å². The summed E-state index contributed by atoms with van der Waals surface area (Å²) in [6.45, 7) is -0.0937. The highest BCUT2D eigenvalue weighted by Crippen LogP contribution is 2.36. The molecule has 0 atom stereocenters. The first-order valence-corrected chi connectivity index (χ1v) is 10.2. The van der Waals surface area contributed by atoms with Crippen molar-refractivity contribution in [1.29, 1.82) is 0 Å². The summed E-state index contributed by atoms with van der Waals surface area (Å²) >= 11 is 1.42. The molecule has 0 spiro atoms. The molecule has 134 valence electrons. The Bertz CT molecular complexity index is 1100. The third-order valence-corrected chi connectivity index (χ3v) is 6.01. The van der Waals surface area contributed by atoms with Gasteiger partial charge in [-0.3, -0.25) is 0 Å². The number of anilines is 2. The number of nitrogens with zero attached hydrogens (tertiary/aromatic N) is 3. The van der Waals surface area contributed by atoms with Crippen LogP contribution in [0, 0.1) is 0 Å². The number of nitrogens with one attached hydrogen (secondary N) is 1. The van der Waals surface area contributed by atoms with Gasteiger partial charge in [-0.1, -0.05) is 6.07 Å². The molecular formula is C16H15N5O3S2. The number of nitrogens with two attached hydrogens (primary N) is 1. The number of aryl methyl sites for hydroxylation is 2. The van der Waals surface area contributed by atoms with Gasteiger partial charge >= 0.3 is 0 Å². The Hall–Kier alpha value is -2.40. The number of aromatic nitrogens is 3. The number of primary sulfonamides is 1. The fraction of sp³-hybridized carbons (Fsp3) is 0.188. The van der Waals surface area contributed by atoms with Gasteiger partial charge in [0.05, 0.1) is 27.8 Å². The molecule has 0 fully saturated rings. The van der Waals surface area contributed by atoms with Crippen molar-refractivity contribution in [3.63, 3.8) is 0 Å². The SMILES string of the molecule is NS(=O)(=O)c1cccc(Nc2ncc3c(n2)-c2sc(CO)nc2CC3)c1. The summed E-state index contributed by atoms with van der Waals surface area (Å²) in [6, 6.07) is 6.16. The van der Waals surface area contributed by atoms with Crippen molar-refractivity contribution in [2.45, 2.75) is 24.3 Å². The molecule has 2 heterocycles. The second-order valence-corrected chi connectivity index (χ2v) is 8.45. The number of hydrogen-bond acceptors (Lipinski definition) is 8. The van der Waals surface area contributed by atoms with Gasteiger partial charge in [-0.15, -0.1) is 11.3 Å². The van der Waals surface area contributed by atoms with Crippen LogP contribution in [0.25, 0.3) is 10.6 Å². The van der Waals surface area contributed by atoms with Crippen LogP contribution in [0.5, 0.6) is 0 Å². The first-order valence-electron chi connectivity index (χ1n) is 7.79. The van der Waals surface area contributed by atoms with Crippen LogP contribution in [-0.2, 0) is 29.5 Å². The summed E-state index contributed by atoms with van der Waals surface area (Å²) in [5, 5.41) is 18.2. The molecule has 0 saturated carbocycles. The van der Waals surface area contributed by atoms with Crippen LogP contribution < -0.4 is 10.5 Å². The smallest absolute Gasteiger partial charge is 0.238 e. The van der Waals surface area contributed by atoms with E-state index in [0.717, 1.165) is 34.7 Å². The van der Waals surface area contributed by atoms with Crippen molar-refractivity contribution in [2.75, 3.05) is 5.32 Å². The summed E-state index contributed by atoms with van der Waals surface area (Å²) in [6.07, 6.45) is 3.35. The largest absolute Gasteiger partial charge is 0.389 e. The Morgan fingerprint density at radius 3 is 2.88 bits per heavy atom. The summed E-state index contributed by atoms with van der Waals surface area (Å²) < 4.78 is 23.0. The second kappa shape index (κ2) is 6.40. The van der Waals surface area contributed by atoms with Gasteiger partial charge in [-0.05, 0) is 36.6 Å². The minimum atomic E-state index is -3.78. The van der Waals surface area contributed by atoms with Crippen molar-refractivity contribution in [3.8, 4) is 10.6 Å². The Morgan fingerprint density at radius 1 is 1.27 bits per heavy atom. The van der Waals surface area contributed by atoms with E-state index in [4.69, 9.17) is 5.14 Å².